The van der Waals surface area contributed by atoms with Gasteiger partial charge < -0.3 is 20.3 Å². The Labute approximate surface area is 204 Å². The Morgan fingerprint density at radius 3 is 2.21 bits per heavy atom. The molecule has 1 aliphatic rings. The van der Waals surface area contributed by atoms with Gasteiger partial charge in [0.2, 0.25) is 0 Å². The van der Waals surface area contributed by atoms with Crippen molar-refractivity contribution in [1.82, 2.24) is 5.32 Å². The molecule has 0 radical (unpaired) electrons. The van der Waals surface area contributed by atoms with Gasteiger partial charge in [0.15, 0.2) is 0 Å². The highest BCUT2D eigenvalue weighted by Crippen LogP contribution is 2.59. The van der Waals surface area contributed by atoms with Crippen LogP contribution in [-0.2, 0) is 9.59 Å². The highest BCUT2D eigenvalue weighted by molar-refractivity contribution is 6.30. The summed E-state index contributed by atoms with van der Waals surface area (Å²) in [5.41, 5.74) is -2.58. The van der Waals surface area contributed by atoms with Crippen LogP contribution in [0.2, 0.25) is 5.02 Å². The summed E-state index contributed by atoms with van der Waals surface area (Å²) >= 11 is 6.28. The molecule has 8 heteroatoms. The average molecular weight is 485 g/mol. The number of halogens is 1. The molecule has 1 heterocycles. The number of para-hydroxylation sites is 1. The van der Waals surface area contributed by atoms with Gasteiger partial charge in [-0.3, -0.25) is 9.59 Å². The Bertz CT molecular complexity index is 1070. The number of nitriles is 1. The molecule has 34 heavy (non-hydrogen) atoms. The molecule has 0 bridgehead atoms. The number of carboxylic acid groups (broad SMARTS) is 2. The highest BCUT2D eigenvalue weighted by Gasteiger charge is 2.66. The smallest absolute Gasteiger partial charge is 0.312 e. The number of nitrogens with zero attached hydrogens (tertiary/aromatic N) is 1. The first kappa shape index (κ1) is 25.5. The largest absolute Gasteiger partial charge is 0.494 e. The number of benzene rings is 2. The molecule has 0 aromatic heterocycles. The van der Waals surface area contributed by atoms with Gasteiger partial charge in [0.1, 0.15) is 5.75 Å². The molecule has 3 N–H and O–H groups in total. The molecular formula is C26H29ClN2O5. The van der Waals surface area contributed by atoms with Crippen LogP contribution in [0, 0.1) is 22.2 Å². The Balaban J connectivity index is 2.19. The second-order valence-electron chi connectivity index (χ2n) is 8.86. The lowest BCUT2D eigenvalue weighted by Gasteiger charge is -2.57. The predicted molar refractivity (Wildman–Crippen MR) is 128 cm³/mol. The van der Waals surface area contributed by atoms with Gasteiger partial charge in [0.05, 0.1) is 23.5 Å². The maximum Gasteiger partial charge on any atom is 0.312 e. The molecule has 1 fully saturated rings. The standard InChI is InChI=1S/C26H29ClN2O5/c1-17-25(23(30)31,12-7-14-28)22(19-8-6-9-20(27)16-19)26(24(32)33,18(2)29-17)13-15-34-21-10-4-3-5-11-21/h3-6,8-11,16-18,22,29H,7,12-13,15H2,1-2H3,(H,30,31)(H,32,33). The molecule has 2 aromatic carbocycles. The molecule has 0 saturated carbocycles. The first-order valence-corrected chi connectivity index (χ1v) is 11.6. The summed E-state index contributed by atoms with van der Waals surface area (Å²) in [5.74, 6) is -2.63. The lowest BCUT2D eigenvalue weighted by Crippen LogP contribution is -2.69. The summed E-state index contributed by atoms with van der Waals surface area (Å²) in [6, 6.07) is 16.6. The monoisotopic (exact) mass is 484 g/mol. The van der Waals surface area contributed by atoms with Crippen LogP contribution in [0.1, 0.15) is 44.6 Å². The van der Waals surface area contributed by atoms with Crippen LogP contribution in [0.15, 0.2) is 54.6 Å². The van der Waals surface area contributed by atoms with E-state index in [0.29, 0.717) is 16.3 Å². The summed E-state index contributed by atoms with van der Waals surface area (Å²) in [4.78, 5) is 26.1. The van der Waals surface area contributed by atoms with E-state index >= 15 is 0 Å². The van der Waals surface area contributed by atoms with E-state index in [1.165, 1.54) is 0 Å². The minimum Gasteiger partial charge on any atom is -0.494 e. The minimum atomic E-state index is -1.56. The van der Waals surface area contributed by atoms with Gasteiger partial charge >= 0.3 is 11.9 Å². The SMILES string of the molecule is CC1NC(C)C(CCOc2ccccc2)(C(=O)O)C(c2cccc(Cl)c2)C1(CCC#N)C(=O)O. The van der Waals surface area contributed by atoms with Gasteiger partial charge in [-0.05, 0) is 56.5 Å². The van der Waals surface area contributed by atoms with E-state index < -0.39 is 40.8 Å². The van der Waals surface area contributed by atoms with Crippen molar-refractivity contribution in [2.45, 2.75) is 51.1 Å². The van der Waals surface area contributed by atoms with Crippen molar-refractivity contribution in [2.24, 2.45) is 10.8 Å². The topological polar surface area (TPSA) is 120 Å². The molecule has 0 spiro atoms. The summed E-state index contributed by atoms with van der Waals surface area (Å²) in [5, 5.41) is 34.2. The normalized spacial score (nSPS) is 28.6. The lowest BCUT2D eigenvalue weighted by molar-refractivity contribution is -0.174. The first-order chi connectivity index (χ1) is 16.2. The van der Waals surface area contributed by atoms with Gasteiger partial charge in [0.25, 0.3) is 0 Å². The van der Waals surface area contributed by atoms with Crippen LogP contribution >= 0.6 is 11.6 Å². The average Bonchev–Trinajstić information content (AvgIpc) is 2.80. The van der Waals surface area contributed by atoms with Crippen molar-refractivity contribution in [3.8, 4) is 11.8 Å². The Hall–Kier alpha value is -3.08. The number of carbonyl (C=O) groups is 2. The van der Waals surface area contributed by atoms with E-state index in [1.807, 2.05) is 24.3 Å². The van der Waals surface area contributed by atoms with Crippen molar-refractivity contribution in [2.75, 3.05) is 6.61 Å². The van der Waals surface area contributed by atoms with E-state index in [1.54, 1.807) is 50.2 Å². The van der Waals surface area contributed by atoms with Crippen molar-refractivity contribution in [3.63, 3.8) is 0 Å². The zero-order valence-electron chi connectivity index (χ0n) is 19.2. The number of piperidine rings is 1. The van der Waals surface area contributed by atoms with E-state index in [0.717, 1.165) is 0 Å². The Morgan fingerprint density at radius 1 is 1.03 bits per heavy atom. The van der Waals surface area contributed by atoms with Gasteiger partial charge in [-0.1, -0.05) is 41.9 Å². The number of hydrogen-bond donors (Lipinski definition) is 3. The number of ether oxygens (including phenoxy) is 1. The number of hydrogen-bond acceptors (Lipinski definition) is 5. The fraction of sp³-hybridized carbons (Fsp3) is 0.423. The summed E-state index contributed by atoms with van der Waals surface area (Å²) < 4.78 is 5.86. The fourth-order valence-corrected chi connectivity index (χ4v) is 5.78. The number of nitrogens with one attached hydrogen (secondary N) is 1. The predicted octanol–water partition coefficient (Wildman–Crippen LogP) is 4.72. The molecule has 2 aromatic rings. The van der Waals surface area contributed by atoms with Crippen LogP contribution < -0.4 is 10.1 Å². The maximum atomic E-state index is 13.1. The van der Waals surface area contributed by atoms with Crippen LogP contribution in [0.3, 0.4) is 0 Å². The van der Waals surface area contributed by atoms with Gasteiger partial charge in [0, 0.05) is 29.4 Å². The van der Waals surface area contributed by atoms with Crippen molar-refractivity contribution < 1.29 is 24.5 Å². The van der Waals surface area contributed by atoms with Crippen molar-refractivity contribution >= 4 is 23.5 Å². The van der Waals surface area contributed by atoms with Gasteiger partial charge in [-0.25, -0.2) is 0 Å². The van der Waals surface area contributed by atoms with E-state index in [4.69, 9.17) is 16.3 Å². The van der Waals surface area contributed by atoms with E-state index in [2.05, 4.69) is 5.32 Å². The van der Waals surface area contributed by atoms with E-state index in [-0.39, 0.29) is 25.9 Å². The van der Waals surface area contributed by atoms with Crippen LogP contribution in [0.4, 0.5) is 0 Å². The summed E-state index contributed by atoms with van der Waals surface area (Å²) in [6.07, 6.45) is 0.0162. The lowest BCUT2D eigenvalue weighted by atomic mass is 9.49. The minimum absolute atomic E-state index is 0.00846. The third kappa shape index (κ3) is 4.48. The van der Waals surface area contributed by atoms with Crippen LogP contribution in [0.5, 0.6) is 5.75 Å². The highest BCUT2D eigenvalue weighted by atomic mass is 35.5. The number of carboxylic acids is 2. The van der Waals surface area contributed by atoms with Crippen molar-refractivity contribution in [3.05, 3.63) is 65.2 Å². The Kier molecular flexibility index (Phi) is 7.86. The van der Waals surface area contributed by atoms with Crippen LogP contribution in [0.25, 0.3) is 0 Å². The molecule has 5 atom stereocenters. The molecule has 0 amide bonds. The maximum absolute atomic E-state index is 13.1. The zero-order valence-corrected chi connectivity index (χ0v) is 20.0. The molecule has 1 saturated heterocycles. The molecule has 180 valence electrons. The summed E-state index contributed by atoms with van der Waals surface area (Å²) in [7, 11) is 0. The van der Waals surface area contributed by atoms with Crippen molar-refractivity contribution in [1.29, 1.82) is 5.26 Å². The third-order valence-corrected chi connectivity index (χ3v) is 7.47. The van der Waals surface area contributed by atoms with E-state index in [9.17, 15) is 25.1 Å². The molecular weight excluding hydrogens is 456 g/mol. The molecule has 0 aliphatic carbocycles. The fourth-order valence-electron chi connectivity index (χ4n) is 5.58. The second-order valence-corrected chi connectivity index (χ2v) is 9.30. The molecule has 5 unspecified atom stereocenters. The van der Waals surface area contributed by atoms with Gasteiger partial charge in [-0.15, -0.1) is 0 Å². The first-order valence-electron chi connectivity index (χ1n) is 11.2. The molecule has 3 rings (SSSR count). The number of rotatable bonds is 9. The second kappa shape index (κ2) is 10.5. The Morgan fingerprint density at radius 2 is 1.65 bits per heavy atom. The zero-order chi connectivity index (χ0) is 24.9. The third-order valence-electron chi connectivity index (χ3n) is 7.23. The molecule has 1 aliphatic heterocycles. The quantitative estimate of drug-likeness (QED) is 0.471. The molecule has 7 nitrogen and oxygen atoms in total. The number of aliphatic carboxylic acids is 2. The summed E-state index contributed by atoms with van der Waals surface area (Å²) in [6.45, 7) is 3.58. The van der Waals surface area contributed by atoms with Crippen LogP contribution in [-0.4, -0.2) is 40.8 Å². The van der Waals surface area contributed by atoms with Gasteiger partial charge in [-0.2, -0.15) is 5.26 Å².